The first-order valence-corrected chi connectivity index (χ1v) is 8.40. The normalized spacial score (nSPS) is 15.1. The molecule has 6 heteroatoms. The first-order chi connectivity index (χ1) is 11.9. The molecule has 2 aromatic rings. The molecule has 25 heavy (non-hydrogen) atoms. The number of fused-ring (bicyclic) bond motifs is 1. The molecule has 0 unspecified atom stereocenters. The van der Waals surface area contributed by atoms with E-state index in [1.165, 1.54) is 0 Å². The van der Waals surface area contributed by atoms with Gasteiger partial charge in [-0.2, -0.15) is 5.26 Å². The second-order valence-electron chi connectivity index (χ2n) is 7.11. The van der Waals surface area contributed by atoms with Gasteiger partial charge in [0.15, 0.2) is 0 Å². The molecule has 6 nitrogen and oxygen atoms in total. The number of aromatic nitrogens is 1. The Morgan fingerprint density at radius 2 is 1.88 bits per heavy atom. The summed E-state index contributed by atoms with van der Waals surface area (Å²) in [7, 11) is 0. The molecular weight excluding hydrogens is 316 g/mol. The molecule has 1 amide bonds. The second kappa shape index (κ2) is 6.60. The Morgan fingerprint density at radius 1 is 1.20 bits per heavy atom. The predicted molar refractivity (Wildman–Crippen MR) is 96.5 cm³/mol. The third-order valence-electron chi connectivity index (χ3n) is 4.08. The zero-order valence-electron chi connectivity index (χ0n) is 14.8. The number of amides is 1. The van der Waals surface area contributed by atoms with Crippen LogP contribution >= 0.6 is 0 Å². The minimum absolute atomic E-state index is 0.274. The highest BCUT2D eigenvalue weighted by Gasteiger charge is 2.26. The van der Waals surface area contributed by atoms with Gasteiger partial charge in [-0.25, -0.2) is 9.78 Å². The summed E-state index contributed by atoms with van der Waals surface area (Å²) >= 11 is 0. The van der Waals surface area contributed by atoms with Gasteiger partial charge in [0, 0.05) is 37.3 Å². The molecule has 1 aromatic heterocycles. The Hall–Kier alpha value is -2.81. The fraction of sp³-hybridized carbons (Fsp3) is 0.421. The second-order valence-corrected chi connectivity index (χ2v) is 7.11. The summed E-state index contributed by atoms with van der Waals surface area (Å²) in [6.45, 7) is 8.17. The summed E-state index contributed by atoms with van der Waals surface area (Å²) in [6.07, 6.45) is -0.274. The van der Waals surface area contributed by atoms with Crippen LogP contribution in [-0.4, -0.2) is 47.8 Å². The van der Waals surface area contributed by atoms with E-state index in [1.54, 1.807) is 4.90 Å². The molecule has 2 heterocycles. The Labute approximate surface area is 147 Å². The minimum Gasteiger partial charge on any atom is -0.444 e. The number of carbonyl (C=O) groups is 1. The van der Waals surface area contributed by atoms with Crippen molar-refractivity contribution in [3.8, 4) is 6.07 Å². The molecule has 0 radical (unpaired) electrons. The van der Waals surface area contributed by atoms with Gasteiger partial charge in [-0.3, -0.25) is 0 Å². The predicted octanol–water partition coefficient (Wildman–Crippen LogP) is 3.16. The highest BCUT2D eigenvalue weighted by atomic mass is 16.6. The van der Waals surface area contributed by atoms with Crippen molar-refractivity contribution in [1.82, 2.24) is 9.88 Å². The number of piperazine rings is 1. The smallest absolute Gasteiger partial charge is 0.410 e. The van der Waals surface area contributed by atoms with Gasteiger partial charge in [0.1, 0.15) is 17.4 Å². The average molecular weight is 338 g/mol. The van der Waals surface area contributed by atoms with Crippen molar-refractivity contribution in [3.05, 3.63) is 36.0 Å². The summed E-state index contributed by atoms with van der Waals surface area (Å²) in [6, 6.07) is 11.8. The number of ether oxygens (including phenoxy) is 1. The number of anilines is 1. The standard InChI is InChI=1S/C19H22N4O2/c1-19(2,3)25-18(24)23-10-8-22(9-11-23)17-12-14(13-20)21-16-7-5-4-6-15(16)17/h4-7,12H,8-11H2,1-3H3. The lowest BCUT2D eigenvalue weighted by atomic mass is 10.1. The number of rotatable bonds is 1. The molecule has 1 aliphatic heterocycles. The van der Waals surface area contributed by atoms with Crippen molar-refractivity contribution in [3.63, 3.8) is 0 Å². The molecule has 130 valence electrons. The van der Waals surface area contributed by atoms with Crippen LogP contribution in [0.3, 0.4) is 0 Å². The molecule has 0 bridgehead atoms. The van der Waals surface area contributed by atoms with Crippen LogP contribution < -0.4 is 4.90 Å². The lowest BCUT2D eigenvalue weighted by Gasteiger charge is -2.37. The molecule has 3 rings (SSSR count). The highest BCUT2D eigenvalue weighted by Crippen LogP contribution is 2.27. The van der Waals surface area contributed by atoms with Crippen LogP contribution in [0.4, 0.5) is 10.5 Å². The van der Waals surface area contributed by atoms with Gasteiger partial charge in [-0.15, -0.1) is 0 Å². The molecule has 1 fully saturated rings. The lowest BCUT2D eigenvalue weighted by Crippen LogP contribution is -2.50. The van der Waals surface area contributed by atoms with E-state index in [0.717, 1.165) is 16.6 Å². The van der Waals surface area contributed by atoms with E-state index < -0.39 is 5.60 Å². The Morgan fingerprint density at radius 3 is 2.52 bits per heavy atom. The zero-order valence-corrected chi connectivity index (χ0v) is 14.8. The van der Waals surface area contributed by atoms with E-state index in [4.69, 9.17) is 4.74 Å². The van der Waals surface area contributed by atoms with E-state index >= 15 is 0 Å². The molecule has 1 saturated heterocycles. The number of nitriles is 1. The largest absolute Gasteiger partial charge is 0.444 e. The van der Waals surface area contributed by atoms with Gasteiger partial charge in [-0.1, -0.05) is 18.2 Å². The first-order valence-electron chi connectivity index (χ1n) is 8.40. The quantitative estimate of drug-likeness (QED) is 0.799. The molecule has 0 spiro atoms. The number of para-hydroxylation sites is 1. The van der Waals surface area contributed by atoms with Crippen LogP contribution in [0.15, 0.2) is 30.3 Å². The topological polar surface area (TPSA) is 69.5 Å². The van der Waals surface area contributed by atoms with Crippen LogP contribution in [0.25, 0.3) is 10.9 Å². The zero-order chi connectivity index (χ0) is 18.0. The monoisotopic (exact) mass is 338 g/mol. The van der Waals surface area contributed by atoms with Crippen molar-refractivity contribution in [2.24, 2.45) is 0 Å². The van der Waals surface area contributed by atoms with Crippen molar-refractivity contribution in [1.29, 1.82) is 5.26 Å². The maximum atomic E-state index is 12.2. The summed E-state index contributed by atoms with van der Waals surface area (Å²) < 4.78 is 5.44. The SMILES string of the molecule is CC(C)(C)OC(=O)N1CCN(c2cc(C#N)nc3ccccc23)CC1. The van der Waals surface area contributed by atoms with E-state index in [0.29, 0.717) is 31.9 Å². The lowest BCUT2D eigenvalue weighted by molar-refractivity contribution is 0.0240. The number of hydrogen-bond donors (Lipinski definition) is 0. The summed E-state index contributed by atoms with van der Waals surface area (Å²) in [4.78, 5) is 20.5. The van der Waals surface area contributed by atoms with Gasteiger partial charge in [0.05, 0.1) is 5.52 Å². The van der Waals surface area contributed by atoms with Crippen molar-refractivity contribution in [2.75, 3.05) is 31.1 Å². The van der Waals surface area contributed by atoms with Crippen molar-refractivity contribution in [2.45, 2.75) is 26.4 Å². The summed E-state index contributed by atoms with van der Waals surface area (Å²) in [5.74, 6) is 0. The van der Waals surface area contributed by atoms with E-state index in [-0.39, 0.29) is 6.09 Å². The number of carbonyl (C=O) groups excluding carboxylic acids is 1. The van der Waals surface area contributed by atoms with Crippen molar-refractivity contribution < 1.29 is 9.53 Å². The Balaban J connectivity index is 1.79. The number of benzene rings is 1. The van der Waals surface area contributed by atoms with Crippen LogP contribution in [0, 0.1) is 11.3 Å². The number of pyridine rings is 1. The molecule has 0 saturated carbocycles. The summed E-state index contributed by atoms with van der Waals surface area (Å²) in [5.41, 5.74) is 1.72. The van der Waals surface area contributed by atoms with E-state index in [2.05, 4.69) is 16.0 Å². The van der Waals surface area contributed by atoms with Crippen LogP contribution in [0.1, 0.15) is 26.5 Å². The maximum Gasteiger partial charge on any atom is 0.410 e. The molecule has 0 N–H and O–H groups in total. The van der Waals surface area contributed by atoms with Crippen LogP contribution in [0.5, 0.6) is 0 Å². The van der Waals surface area contributed by atoms with Crippen LogP contribution in [-0.2, 0) is 4.74 Å². The molecule has 0 atom stereocenters. The van der Waals surface area contributed by atoms with E-state index in [1.807, 2.05) is 51.1 Å². The maximum absolute atomic E-state index is 12.2. The highest BCUT2D eigenvalue weighted by molar-refractivity contribution is 5.92. The summed E-state index contributed by atoms with van der Waals surface area (Å²) in [5, 5.41) is 10.3. The minimum atomic E-state index is -0.489. The fourth-order valence-corrected chi connectivity index (χ4v) is 2.93. The van der Waals surface area contributed by atoms with Gasteiger partial charge in [0.25, 0.3) is 0 Å². The number of nitrogens with zero attached hydrogens (tertiary/aromatic N) is 4. The third kappa shape index (κ3) is 3.82. The van der Waals surface area contributed by atoms with Gasteiger partial charge in [0.2, 0.25) is 0 Å². The van der Waals surface area contributed by atoms with Crippen molar-refractivity contribution >= 4 is 22.7 Å². The van der Waals surface area contributed by atoms with E-state index in [9.17, 15) is 10.1 Å². The van der Waals surface area contributed by atoms with Gasteiger partial charge >= 0.3 is 6.09 Å². The average Bonchev–Trinajstić information content (AvgIpc) is 2.59. The number of hydrogen-bond acceptors (Lipinski definition) is 5. The third-order valence-corrected chi connectivity index (χ3v) is 4.08. The fourth-order valence-electron chi connectivity index (χ4n) is 2.93. The van der Waals surface area contributed by atoms with Crippen LogP contribution in [0.2, 0.25) is 0 Å². The molecule has 0 aliphatic carbocycles. The molecule has 1 aromatic carbocycles. The Kier molecular flexibility index (Phi) is 4.49. The first kappa shape index (κ1) is 17.0. The molecular formula is C19H22N4O2. The van der Waals surface area contributed by atoms with Gasteiger partial charge < -0.3 is 14.5 Å². The van der Waals surface area contributed by atoms with Gasteiger partial charge in [-0.05, 0) is 32.9 Å². The molecule has 1 aliphatic rings. The Bertz CT molecular complexity index is 827.